The van der Waals surface area contributed by atoms with Crippen molar-refractivity contribution >= 4 is 28.2 Å². The first-order valence-corrected chi connectivity index (χ1v) is 6.63. The molecule has 1 aromatic heterocycles. The largest absolute Gasteiger partial charge is 0.379 e. The van der Waals surface area contributed by atoms with Crippen molar-refractivity contribution in [3.8, 4) is 0 Å². The van der Waals surface area contributed by atoms with Crippen molar-refractivity contribution in [1.82, 2.24) is 4.98 Å². The van der Waals surface area contributed by atoms with Gasteiger partial charge in [0.1, 0.15) is 5.82 Å². The highest BCUT2D eigenvalue weighted by molar-refractivity contribution is 6.30. The summed E-state index contributed by atoms with van der Waals surface area (Å²) in [6.07, 6.45) is 1.77. The van der Waals surface area contributed by atoms with Crippen LogP contribution in [0.1, 0.15) is 5.56 Å². The number of nitrogens with zero attached hydrogens (tertiary/aromatic N) is 1. The molecule has 1 N–H and O–H groups in total. The molecule has 0 unspecified atom stereocenters. The summed E-state index contributed by atoms with van der Waals surface area (Å²) in [5.41, 5.74) is 2.47. The van der Waals surface area contributed by atoms with Crippen molar-refractivity contribution in [3.05, 3.63) is 71.1 Å². The Kier molecular flexibility index (Phi) is 3.52. The molecule has 0 fully saturated rings. The molecule has 3 rings (SSSR count). The van der Waals surface area contributed by atoms with E-state index >= 15 is 0 Å². The second-order valence-corrected chi connectivity index (χ2v) is 4.94. The van der Waals surface area contributed by atoms with Gasteiger partial charge >= 0.3 is 0 Å². The van der Waals surface area contributed by atoms with Gasteiger partial charge in [-0.15, -0.1) is 0 Å². The fourth-order valence-corrected chi connectivity index (χ4v) is 2.22. The SMILES string of the molecule is Fc1cc(Cl)ccc1NCc1ccc2ncccc2c1. The smallest absolute Gasteiger partial charge is 0.147 e. The van der Waals surface area contributed by atoms with Gasteiger partial charge in [0.05, 0.1) is 11.2 Å². The van der Waals surface area contributed by atoms with E-state index in [2.05, 4.69) is 10.3 Å². The van der Waals surface area contributed by atoms with Crippen molar-refractivity contribution in [3.63, 3.8) is 0 Å². The summed E-state index contributed by atoms with van der Waals surface area (Å²) in [4.78, 5) is 4.27. The first kappa shape index (κ1) is 12.9. The zero-order valence-electron chi connectivity index (χ0n) is 10.6. The molecular weight excluding hydrogens is 275 g/mol. The topological polar surface area (TPSA) is 24.9 Å². The van der Waals surface area contributed by atoms with Crippen LogP contribution in [0.3, 0.4) is 0 Å². The fraction of sp³-hybridized carbons (Fsp3) is 0.0625. The third-order valence-corrected chi connectivity index (χ3v) is 3.32. The van der Waals surface area contributed by atoms with Crippen molar-refractivity contribution in [2.75, 3.05) is 5.32 Å². The van der Waals surface area contributed by atoms with Gasteiger partial charge in [-0.25, -0.2) is 4.39 Å². The first-order valence-electron chi connectivity index (χ1n) is 6.25. The molecule has 0 saturated carbocycles. The number of halogens is 2. The molecule has 0 aliphatic carbocycles. The van der Waals surface area contributed by atoms with E-state index in [0.29, 0.717) is 17.3 Å². The average Bonchev–Trinajstić information content (AvgIpc) is 2.46. The number of hydrogen-bond acceptors (Lipinski definition) is 2. The lowest BCUT2D eigenvalue weighted by atomic mass is 10.1. The van der Waals surface area contributed by atoms with Crippen LogP contribution in [-0.4, -0.2) is 4.98 Å². The van der Waals surface area contributed by atoms with E-state index in [-0.39, 0.29) is 5.82 Å². The van der Waals surface area contributed by atoms with Crippen molar-refractivity contribution in [2.45, 2.75) is 6.54 Å². The van der Waals surface area contributed by atoms with Gasteiger partial charge in [-0.1, -0.05) is 23.7 Å². The second-order valence-electron chi connectivity index (χ2n) is 4.51. The summed E-state index contributed by atoms with van der Waals surface area (Å²) in [5.74, 6) is -0.347. The molecular formula is C16H12ClFN2. The minimum Gasteiger partial charge on any atom is -0.379 e. The van der Waals surface area contributed by atoms with E-state index in [0.717, 1.165) is 16.5 Å². The molecule has 0 aliphatic heterocycles. The standard InChI is InChI=1S/C16H12ClFN2/c17-13-4-6-16(14(18)9-13)20-10-11-3-5-15-12(8-11)2-1-7-19-15/h1-9,20H,10H2. The lowest BCUT2D eigenvalue weighted by Crippen LogP contribution is -2.01. The summed E-state index contributed by atoms with van der Waals surface area (Å²) in [7, 11) is 0. The van der Waals surface area contributed by atoms with Gasteiger partial charge in [0, 0.05) is 23.2 Å². The van der Waals surface area contributed by atoms with Crippen LogP contribution in [0.25, 0.3) is 10.9 Å². The van der Waals surface area contributed by atoms with Gasteiger partial charge in [-0.3, -0.25) is 4.98 Å². The van der Waals surface area contributed by atoms with Gasteiger partial charge in [0.15, 0.2) is 0 Å². The highest BCUT2D eigenvalue weighted by Gasteiger charge is 2.03. The number of aromatic nitrogens is 1. The number of fused-ring (bicyclic) bond motifs is 1. The number of benzene rings is 2. The Morgan fingerprint density at radius 2 is 2.00 bits per heavy atom. The van der Waals surface area contributed by atoms with Gasteiger partial charge < -0.3 is 5.32 Å². The summed E-state index contributed by atoms with van der Waals surface area (Å²) in [5, 5.41) is 4.53. The minimum absolute atomic E-state index is 0.347. The molecule has 4 heteroatoms. The molecule has 0 amide bonds. The van der Waals surface area contributed by atoms with Crippen LogP contribution >= 0.6 is 11.6 Å². The molecule has 100 valence electrons. The Morgan fingerprint density at radius 3 is 2.85 bits per heavy atom. The quantitative estimate of drug-likeness (QED) is 0.759. The zero-order valence-corrected chi connectivity index (χ0v) is 11.4. The molecule has 0 radical (unpaired) electrons. The Bertz CT molecular complexity index is 758. The van der Waals surface area contributed by atoms with E-state index in [1.807, 2.05) is 30.3 Å². The number of anilines is 1. The van der Waals surface area contributed by atoms with E-state index in [4.69, 9.17) is 11.6 Å². The molecule has 0 aliphatic rings. The zero-order chi connectivity index (χ0) is 13.9. The van der Waals surface area contributed by atoms with E-state index in [1.54, 1.807) is 18.3 Å². The number of pyridine rings is 1. The maximum atomic E-state index is 13.6. The van der Waals surface area contributed by atoms with E-state index in [9.17, 15) is 4.39 Å². The van der Waals surface area contributed by atoms with Gasteiger partial charge in [0.2, 0.25) is 0 Å². The minimum atomic E-state index is -0.347. The lowest BCUT2D eigenvalue weighted by Gasteiger charge is -2.08. The van der Waals surface area contributed by atoms with Crippen LogP contribution in [0.15, 0.2) is 54.7 Å². The predicted octanol–water partition coefficient (Wildman–Crippen LogP) is 4.64. The van der Waals surface area contributed by atoms with E-state index < -0.39 is 0 Å². The fourth-order valence-electron chi connectivity index (χ4n) is 2.07. The molecule has 20 heavy (non-hydrogen) atoms. The predicted molar refractivity (Wildman–Crippen MR) is 80.5 cm³/mol. The monoisotopic (exact) mass is 286 g/mol. The third kappa shape index (κ3) is 2.73. The molecule has 1 heterocycles. The summed E-state index contributed by atoms with van der Waals surface area (Å²) >= 11 is 5.72. The molecule has 0 bridgehead atoms. The van der Waals surface area contributed by atoms with Crippen LogP contribution in [0, 0.1) is 5.82 Å². The lowest BCUT2D eigenvalue weighted by molar-refractivity contribution is 0.630. The Labute approximate surface area is 121 Å². The summed E-state index contributed by atoms with van der Waals surface area (Å²) < 4.78 is 13.6. The van der Waals surface area contributed by atoms with Crippen LogP contribution < -0.4 is 5.32 Å². The summed E-state index contributed by atoms with van der Waals surface area (Å²) in [6.45, 7) is 0.545. The average molecular weight is 287 g/mol. The van der Waals surface area contributed by atoms with Gasteiger partial charge in [-0.05, 0) is 42.0 Å². The van der Waals surface area contributed by atoms with Gasteiger partial charge in [0.25, 0.3) is 0 Å². The Hall–Kier alpha value is -2.13. The molecule has 0 atom stereocenters. The van der Waals surface area contributed by atoms with Crippen LogP contribution in [0.5, 0.6) is 0 Å². The Balaban J connectivity index is 1.79. The molecule has 0 spiro atoms. The molecule has 3 aromatic rings. The highest BCUT2D eigenvalue weighted by atomic mass is 35.5. The number of rotatable bonds is 3. The van der Waals surface area contributed by atoms with Crippen LogP contribution in [0.2, 0.25) is 5.02 Å². The first-order chi connectivity index (χ1) is 9.72. The highest BCUT2D eigenvalue weighted by Crippen LogP contribution is 2.20. The van der Waals surface area contributed by atoms with Crippen molar-refractivity contribution < 1.29 is 4.39 Å². The third-order valence-electron chi connectivity index (χ3n) is 3.08. The maximum absolute atomic E-state index is 13.6. The second kappa shape index (κ2) is 5.47. The van der Waals surface area contributed by atoms with Gasteiger partial charge in [-0.2, -0.15) is 0 Å². The van der Waals surface area contributed by atoms with Crippen LogP contribution in [-0.2, 0) is 6.54 Å². The number of nitrogens with one attached hydrogen (secondary N) is 1. The van der Waals surface area contributed by atoms with E-state index in [1.165, 1.54) is 6.07 Å². The molecule has 2 aromatic carbocycles. The summed E-state index contributed by atoms with van der Waals surface area (Å²) in [6, 6.07) is 14.5. The maximum Gasteiger partial charge on any atom is 0.147 e. The van der Waals surface area contributed by atoms with Crippen molar-refractivity contribution in [1.29, 1.82) is 0 Å². The van der Waals surface area contributed by atoms with Crippen molar-refractivity contribution in [2.24, 2.45) is 0 Å². The van der Waals surface area contributed by atoms with Crippen LogP contribution in [0.4, 0.5) is 10.1 Å². The number of hydrogen-bond donors (Lipinski definition) is 1. The normalized spacial score (nSPS) is 10.7. The Morgan fingerprint density at radius 1 is 1.10 bits per heavy atom. The molecule has 0 saturated heterocycles. The molecule has 2 nitrogen and oxygen atoms in total.